The van der Waals surface area contributed by atoms with Gasteiger partial charge in [-0.05, 0) is 48.2 Å². The highest BCUT2D eigenvalue weighted by molar-refractivity contribution is 5.73. The van der Waals surface area contributed by atoms with Crippen LogP contribution >= 0.6 is 0 Å². The molecule has 2 aromatic rings. The van der Waals surface area contributed by atoms with E-state index in [-0.39, 0.29) is 5.54 Å². The van der Waals surface area contributed by atoms with E-state index in [0.29, 0.717) is 11.4 Å². The van der Waals surface area contributed by atoms with Crippen molar-refractivity contribution in [3.05, 3.63) is 18.2 Å². The van der Waals surface area contributed by atoms with Crippen LogP contribution in [0.3, 0.4) is 0 Å². The van der Waals surface area contributed by atoms with Gasteiger partial charge in [0, 0.05) is 0 Å². The largest absolute Gasteiger partial charge is 0.494 e. The van der Waals surface area contributed by atoms with Crippen molar-refractivity contribution in [2.24, 2.45) is 0 Å². The van der Waals surface area contributed by atoms with Crippen molar-refractivity contribution in [3.8, 4) is 17.1 Å². The van der Waals surface area contributed by atoms with Gasteiger partial charge >= 0.3 is 0 Å². The molecule has 0 spiro atoms. The second-order valence-corrected chi connectivity index (χ2v) is 5.27. The molecule has 1 aromatic heterocycles. The Morgan fingerprint density at radius 2 is 2.20 bits per heavy atom. The summed E-state index contributed by atoms with van der Waals surface area (Å²) < 4.78 is 7.37. The van der Waals surface area contributed by atoms with E-state index >= 15 is 0 Å². The van der Waals surface area contributed by atoms with Gasteiger partial charge < -0.3 is 10.5 Å². The molecule has 2 N–H and O–H groups in total. The van der Waals surface area contributed by atoms with E-state index in [1.54, 1.807) is 7.11 Å². The molecule has 0 bridgehead atoms. The van der Waals surface area contributed by atoms with Crippen LogP contribution < -0.4 is 10.5 Å². The quantitative estimate of drug-likeness (QED) is 0.864. The van der Waals surface area contributed by atoms with Gasteiger partial charge in [0.2, 0.25) is 0 Å². The van der Waals surface area contributed by atoms with Gasteiger partial charge in [-0.15, -0.1) is 5.10 Å². The molecule has 1 aliphatic carbocycles. The van der Waals surface area contributed by atoms with Crippen LogP contribution in [0.4, 0.5) is 5.69 Å². The zero-order valence-electron chi connectivity index (χ0n) is 11.8. The maximum atomic E-state index is 5.97. The van der Waals surface area contributed by atoms with Crippen molar-refractivity contribution in [1.82, 2.24) is 20.2 Å². The van der Waals surface area contributed by atoms with Crippen LogP contribution in [-0.4, -0.2) is 27.3 Å². The minimum absolute atomic E-state index is 0.0500. The molecule has 3 rings (SSSR count). The van der Waals surface area contributed by atoms with Gasteiger partial charge in [-0.2, -0.15) is 0 Å². The van der Waals surface area contributed by atoms with Gasteiger partial charge in [0.25, 0.3) is 0 Å². The number of rotatable bonds is 4. The van der Waals surface area contributed by atoms with Crippen molar-refractivity contribution in [2.75, 3.05) is 12.8 Å². The van der Waals surface area contributed by atoms with Crippen LogP contribution in [0, 0.1) is 0 Å². The van der Waals surface area contributed by atoms with Crippen molar-refractivity contribution < 1.29 is 4.74 Å². The summed E-state index contributed by atoms with van der Waals surface area (Å²) in [5.41, 5.74) is 7.46. The Morgan fingerprint density at radius 3 is 2.80 bits per heavy atom. The first-order chi connectivity index (χ1) is 9.72. The van der Waals surface area contributed by atoms with Gasteiger partial charge in [0.05, 0.1) is 23.9 Å². The summed E-state index contributed by atoms with van der Waals surface area (Å²) in [6.45, 7) is 2.18. The molecule has 0 amide bonds. The lowest BCUT2D eigenvalue weighted by Gasteiger charge is -2.41. The van der Waals surface area contributed by atoms with E-state index < -0.39 is 0 Å². The standard InChI is InChI=1S/C14H19N5O/c1-3-14(8-5-9-14)19-13(16-17-18-19)10-6-4-7-11(15)12(10)20-2/h4,6-7H,3,5,8-9,15H2,1-2H3. The smallest absolute Gasteiger partial charge is 0.186 e. The molecule has 1 aliphatic rings. The number of aromatic nitrogens is 4. The van der Waals surface area contributed by atoms with Crippen LogP contribution in [-0.2, 0) is 5.54 Å². The molecule has 0 aliphatic heterocycles. The van der Waals surface area contributed by atoms with E-state index in [0.717, 1.165) is 30.7 Å². The average Bonchev–Trinajstić information content (AvgIpc) is 2.87. The molecular formula is C14H19N5O. The summed E-state index contributed by atoms with van der Waals surface area (Å²) in [4.78, 5) is 0. The third-order valence-corrected chi connectivity index (χ3v) is 4.35. The summed E-state index contributed by atoms with van der Waals surface area (Å²) >= 11 is 0. The molecule has 0 radical (unpaired) electrons. The number of para-hydroxylation sites is 1. The van der Waals surface area contributed by atoms with Gasteiger partial charge in [0.1, 0.15) is 0 Å². The molecule has 0 atom stereocenters. The second-order valence-electron chi connectivity index (χ2n) is 5.27. The van der Waals surface area contributed by atoms with E-state index in [4.69, 9.17) is 10.5 Å². The molecule has 1 heterocycles. The number of ether oxygens (including phenoxy) is 1. The number of nitrogen functional groups attached to an aromatic ring is 1. The lowest BCUT2D eigenvalue weighted by Crippen LogP contribution is -2.41. The molecule has 6 nitrogen and oxygen atoms in total. The minimum atomic E-state index is 0.0500. The van der Waals surface area contributed by atoms with E-state index in [1.807, 2.05) is 22.9 Å². The first kappa shape index (κ1) is 12.9. The summed E-state index contributed by atoms with van der Waals surface area (Å²) in [6.07, 6.45) is 4.48. The van der Waals surface area contributed by atoms with Crippen molar-refractivity contribution in [3.63, 3.8) is 0 Å². The number of nitrogens with two attached hydrogens (primary N) is 1. The first-order valence-electron chi connectivity index (χ1n) is 6.93. The Balaban J connectivity index is 2.13. The molecule has 0 saturated heterocycles. The Hall–Kier alpha value is -2.11. The Morgan fingerprint density at radius 1 is 1.40 bits per heavy atom. The van der Waals surface area contributed by atoms with E-state index in [9.17, 15) is 0 Å². The normalized spacial score (nSPS) is 16.7. The summed E-state index contributed by atoms with van der Waals surface area (Å²) in [5, 5.41) is 12.3. The van der Waals surface area contributed by atoms with Gasteiger partial charge in [0.15, 0.2) is 11.6 Å². The topological polar surface area (TPSA) is 78.9 Å². The molecule has 1 fully saturated rings. The summed E-state index contributed by atoms with van der Waals surface area (Å²) in [5.74, 6) is 1.37. The number of methoxy groups -OCH3 is 1. The number of hydrogen-bond acceptors (Lipinski definition) is 5. The lowest BCUT2D eigenvalue weighted by atomic mass is 9.75. The minimum Gasteiger partial charge on any atom is -0.494 e. The predicted molar refractivity (Wildman–Crippen MR) is 76.3 cm³/mol. The van der Waals surface area contributed by atoms with Gasteiger partial charge in [-0.3, -0.25) is 0 Å². The zero-order chi connectivity index (χ0) is 14.2. The van der Waals surface area contributed by atoms with E-state index in [2.05, 4.69) is 22.4 Å². The Bertz CT molecular complexity index is 612. The van der Waals surface area contributed by atoms with Crippen molar-refractivity contribution in [2.45, 2.75) is 38.1 Å². The number of anilines is 1. The molecule has 20 heavy (non-hydrogen) atoms. The van der Waals surface area contributed by atoms with Crippen LogP contribution in [0.25, 0.3) is 11.4 Å². The highest BCUT2D eigenvalue weighted by Crippen LogP contribution is 2.44. The number of tetrazole rings is 1. The summed E-state index contributed by atoms with van der Waals surface area (Å²) in [6, 6.07) is 5.65. The molecule has 6 heteroatoms. The van der Waals surface area contributed by atoms with Gasteiger partial charge in [-0.25, -0.2) is 4.68 Å². The fourth-order valence-electron chi connectivity index (χ4n) is 2.93. The second kappa shape index (κ2) is 4.77. The fraction of sp³-hybridized carbons (Fsp3) is 0.500. The van der Waals surface area contributed by atoms with Crippen LogP contribution in [0.5, 0.6) is 5.75 Å². The highest BCUT2D eigenvalue weighted by Gasteiger charge is 2.40. The third-order valence-electron chi connectivity index (χ3n) is 4.35. The Labute approximate surface area is 117 Å². The van der Waals surface area contributed by atoms with Crippen LogP contribution in [0.2, 0.25) is 0 Å². The first-order valence-corrected chi connectivity index (χ1v) is 6.93. The maximum Gasteiger partial charge on any atom is 0.186 e. The maximum absolute atomic E-state index is 5.97. The highest BCUT2D eigenvalue weighted by atomic mass is 16.5. The fourth-order valence-corrected chi connectivity index (χ4v) is 2.93. The molecule has 106 valence electrons. The molecule has 1 saturated carbocycles. The monoisotopic (exact) mass is 273 g/mol. The molecule has 1 aromatic carbocycles. The van der Waals surface area contributed by atoms with Crippen LogP contribution in [0.15, 0.2) is 18.2 Å². The van der Waals surface area contributed by atoms with Crippen molar-refractivity contribution in [1.29, 1.82) is 0 Å². The number of benzene rings is 1. The lowest BCUT2D eigenvalue weighted by molar-refractivity contribution is 0.118. The molecular weight excluding hydrogens is 254 g/mol. The van der Waals surface area contributed by atoms with E-state index in [1.165, 1.54) is 6.42 Å². The summed E-state index contributed by atoms with van der Waals surface area (Å²) in [7, 11) is 1.61. The Kier molecular flexibility index (Phi) is 3.08. The van der Waals surface area contributed by atoms with Crippen molar-refractivity contribution >= 4 is 5.69 Å². The van der Waals surface area contributed by atoms with Crippen LogP contribution in [0.1, 0.15) is 32.6 Å². The predicted octanol–water partition coefficient (Wildman–Crippen LogP) is 2.22. The molecule has 0 unspecified atom stereocenters. The zero-order valence-corrected chi connectivity index (χ0v) is 11.8. The third kappa shape index (κ3) is 1.75. The number of hydrogen-bond donors (Lipinski definition) is 1. The SMILES string of the molecule is CCC1(n2nnnc2-c2cccc(N)c2OC)CCC1. The average molecular weight is 273 g/mol. The van der Waals surface area contributed by atoms with Gasteiger partial charge in [-0.1, -0.05) is 13.0 Å². The number of nitrogens with zero attached hydrogens (tertiary/aromatic N) is 4.